The summed E-state index contributed by atoms with van der Waals surface area (Å²) in [4.78, 5) is 0. The minimum atomic E-state index is -3.39. The van der Waals surface area contributed by atoms with Crippen molar-refractivity contribution in [3.05, 3.63) is 0 Å². The van der Waals surface area contributed by atoms with Crippen LogP contribution in [-0.2, 0) is 14.9 Å². The predicted molar refractivity (Wildman–Crippen MR) is 71.6 cm³/mol. The van der Waals surface area contributed by atoms with Crippen LogP contribution in [0.5, 0.6) is 0 Å². The molecule has 0 bridgehead atoms. The molecule has 2 N–H and O–H groups in total. The Labute approximate surface area is 110 Å². The molecule has 0 radical (unpaired) electrons. The molecule has 18 heavy (non-hydrogen) atoms. The molecule has 1 fully saturated rings. The zero-order chi connectivity index (χ0) is 13.6. The predicted octanol–water partition coefficient (Wildman–Crippen LogP) is -0.213. The van der Waals surface area contributed by atoms with E-state index in [2.05, 4.69) is 10.0 Å². The van der Waals surface area contributed by atoms with E-state index in [0.29, 0.717) is 39.4 Å². The molecule has 1 aliphatic heterocycles. The first-order valence-corrected chi connectivity index (χ1v) is 7.97. The zero-order valence-electron chi connectivity index (χ0n) is 11.5. The molecule has 1 heterocycles. The first kappa shape index (κ1) is 15.8. The lowest BCUT2D eigenvalue weighted by atomic mass is 10.1. The van der Waals surface area contributed by atoms with Crippen LogP contribution in [-0.4, -0.2) is 58.2 Å². The van der Waals surface area contributed by atoms with Gasteiger partial charge in [0.15, 0.2) is 0 Å². The van der Waals surface area contributed by atoms with Crippen molar-refractivity contribution in [3.63, 3.8) is 0 Å². The highest BCUT2D eigenvalue weighted by Crippen LogP contribution is 2.07. The van der Waals surface area contributed by atoms with E-state index in [-0.39, 0.29) is 12.0 Å². The van der Waals surface area contributed by atoms with Gasteiger partial charge in [0.1, 0.15) is 0 Å². The number of hydrogen-bond donors (Lipinski definition) is 2. The van der Waals surface area contributed by atoms with Crippen LogP contribution in [0.3, 0.4) is 0 Å². The van der Waals surface area contributed by atoms with Crippen molar-refractivity contribution >= 4 is 10.2 Å². The van der Waals surface area contributed by atoms with Gasteiger partial charge >= 0.3 is 0 Å². The van der Waals surface area contributed by atoms with E-state index in [1.54, 1.807) is 0 Å². The lowest BCUT2D eigenvalue weighted by Gasteiger charge is -2.30. The fourth-order valence-electron chi connectivity index (χ4n) is 1.76. The van der Waals surface area contributed by atoms with Crippen LogP contribution >= 0.6 is 0 Å². The molecule has 0 aromatic carbocycles. The molecular formula is C11H25N3O3S. The molecule has 108 valence electrons. The van der Waals surface area contributed by atoms with E-state index < -0.39 is 10.2 Å². The molecule has 7 heteroatoms. The average molecular weight is 279 g/mol. The van der Waals surface area contributed by atoms with Crippen LogP contribution in [0.25, 0.3) is 0 Å². The van der Waals surface area contributed by atoms with Gasteiger partial charge in [-0.2, -0.15) is 17.4 Å². The minimum Gasteiger partial charge on any atom is -0.380 e. The third-order valence-corrected chi connectivity index (χ3v) is 4.67. The summed E-state index contributed by atoms with van der Waals surface area (Å²) in [7, 11) is -3.39. The maximum atomic E-state index is 12.2. The number of hydrogen-bond acceptors (Lipinski definition) is 4. The molecule has 1 aliphatic rings. The second kappa shape index (κ2) is 7.40. The molecule has 1 saturated heterocycles. The summed E-state index contributed by atoms with van der Waals surface area (Å²) in [6.45, 7) is 9.36. The first-order valence-electron chi connectivity index (χ1n) is 6.53. The van der Waals surface area contributed by atoms with Crippen molar-refractivity contribution < 1.29 is 13.2 Å². The third kappa shape index (κ3) is 4.81. The third-order valence-electron chi connectivity index (χ3n) is 3.02. The van der Waals surface area contributed by atoms with Crippen molar-refractivity contribution in [2.45, 2.75) is 26.8 Å². The molecule has 6 nitrogen and oxygen atoms in total. The Morgan fingerprint density at radius 2 is 1.94 bits per heavy atom. The van der Waals surface area contributed by atoms with Gasteiger partial charge in [-0.1, -0.05) is 13.8 Å². The van der Waals surface area contributed by atoms with E-state index in [1.165, 1.54) is 4.31 Å². The summed E-state index contributed by atoms with van der Waals surface area (Å²) in [5.41, 5.74) is 0. The van der Waals surface area contributed by atoms with Crippen LogP contribution in [0, 0.1) is 5.92 Å². The fourth-order valence-corrected chi connectivity index (χ4v) is 3.29. The number of nitrogens with zero attached hydrogens (tertiary/aromatic N) is 1. The Balaban J connectivity index is 2.59. The molecule has 1 unspecified atom stereocenters. The van der Waals surface area contributed by atoms with Crippen LogP contribution in [0.15, 0.2) is 0 Å². The zero-order valence-corrected chi connectivity index (χ0v) is 12.3. The van der Waals surface area contributed by atoms with Gasteiger partial charge < -0.3 is 10.1 Å². The van der Waals surface area contributed by atoms with Gasteiger partial charge in [-0.15, -0.1) is 0 Å². The molecule has 0 aromatic rings. The summed E-state index contributed by atoms with van der Waals surface area (Å²) in [5, 5.41) is 3.14. The van der Waals surface area contributed by atoms with Gasteiger partial charge in [0.25, 0.3) is 10.2 Å². The smallest absolute Gasteiger partial charge is 0.279 e. The number of ether oxygens (including phenoxy) is 1. The molecule has 1 rings (SSSR count). The Morgan fingerprint density at radius 3 is 2.44 bits per heavy atom. The summed E-state index contributed by atoms with van der Waals surface area (Å²) in [6, 6.07) is -0.176. The van der Waals surface area contributed by atoms with Crippen LogP contribution in [0.2, 0.25) is 0 Å². The number of piperazine rings is 1. The summed E-state index contributed by atoms with van der Waals surface area (Å²) >= 11 is 0. The van der Waals surface area contributed by atoms with E-state index in [4.69, 9.17) is 4.74 Å². The van der Waals surface area contributed by atoms with E-state index in [9.17, 15) is 8.42 Å². The van der Waals surface area contributed by atoms with Gasteiger partial charge in [-0.25, -0.2) is 0 Å². The van der Waals surface area contributed by atoms with Crippen LogP contribution in [0.1, 0.15) is 20.8 Å². The summed E-state index contributed by atoms with van der Waals surface area (Å²) in [5.74, 6) is 0.203. The standard InChI is InChI=1S/C11H25N3O3S/c1-4-17-9-11(10(2)3)13-18(15,16)14-7-5-12-6-8-14/h10-13H,4-9H2,1-3H3. The van der Waals surface area contributed by atoms with Crippen molar-refractivity contribution in [2.75, 3.05) is 39.4 Å². The topological polar surface area (TPSA) is 70.7 Å². The normalized spacial score (nSPS) is 20.2. The quantitative estimate of drug-likeness (QED) is 0.676. The molecule has 0 spiro atoms. The largest absolute Gasteiger partial charge is 0.380 e. The molecule has 0 aliphatic carbocycles. The fraction of sp³-hybridized carbons (Fsp3) is 1.00. The van der Waals surface area contributed by atoms with Gasteiger partial charge in [0.05, 0.1) is 6.61 Å². The van der Waals surface area contributed by atoms with Gasteiger partial charge in [-0.3, -0.25) is 0 Å². The van der Waals surface area contributed by atoms with Crippen molar-refractivity contribution in [1.29, 1.82) is 0 Å². The van der Waals surface area contributed by atoms with Gasteiger partial charge in [0, 0.05) is 38.8 Å². The summed E-state index contributed by atoms with van der Waals surface area (Å²) < 4.78 is 34.0. The molecule has 1 atom stereocenters. The highest BCUT2D eigenvalue weighted by atomic mass is 32.2. The Bertz CT molecular complexity index is 326. The highest BCUT2D eigenvalue weighted by Gasteiger charge is 2.27. The SMILES string of the molecule is CCOCC(NS(=O)(=O)N1CCNCC1)C(C)C. The second-order valence-electron chi connectivity index (χ2n) is 4.78. The maximum Gasteiger partial charge on any atom is 0.279 e. The van der Waals surface area contributed by atoms with Crippen LogP contribution in [0.4, 0.5) is 0 Å². The molecule has 0 aromatic heterocycles. The Hall–Kier alpha value is -0.210. The monoisotopic (exact) mass is 279 g/mol. The lowest BCUT2D eigenvalue weighted by Crippen LogP contribution is -2.54. The number of rotatable bonds is 7. The Kier molecular flexibility index (Phi) is 6.51. The highest BCUT2D eigenvalue weighted by molar-refractivity contribution is 7.87. The van der Waals surface area contributed by atoms with E-state index >= 15 is 0 Å². The lowest BCUT2D eigenvalue weighted by molar-refractivity contribution is 0.115. The van der Waals surface area contributed by atoms with Gasteiger partial charge in [-0.05, 0) is 12.8 Å². The van der Waals surface area contributed by atoms with E-state index in [1.807, 2.05) is 20.8 Å². The van der Waals surface area contributed by atoms with Crippen molar-refractivity contribution in [2.24, 2.45) is 5.92 Å². The van der Waals surface area contributed by atoms with Crippen molar-refractivity contribution in [3.8, 4) is 0 Å². The molecule has 0 saturated carbocycles. The van der Waals surface area contributed by atoms with Crippen molar-refractivity contribution in [1.82, 2.24) is 14.3 Å². The minimum absolute atomic E-state index is 0.176. The number of nitrogens with one attached hydrogen (secondary N) is 2. The second-order valence-corrected chi connectivity index (χ2v) is 6.48. The first-order chi connectivity index (χ1) is 8.47. The van der Waals surface area contributed by atoms with E-state index in [0.717, 1.165) is 0 Å². The summed E-state index contributed by atoms with van der Waals surface area (Å²) in [6.07, 6.45) is 0. The van der Waals surface area contributed by atoms with Crippen LogP contribution < -0.4 is 10.0 Å². The maximum absolute atomic E-state index is 12.2. The molecule has 0 amide bonds. The Morgan fingerprint density at radius 1 is 1.33 bits per heavy atom. The average Bonchev–Trinajstić information content (AvgIpc) is 2.35. The van der Waals surface area contributed by atoms with Gasteiger partial charge in [0.2, 0.25) is 0 Å². The molecular weight excluding hydrogens is 254 g/mol.